The number of hydrogen-bond acceptors (Lipinski definition) is 6. The second-order valence-corrected chi connectivity index (χ2v) is 4.20. The second kappa shape index (κ2) is 6.05. The van der Waals surface area contributed by atoms with Crippen LogP contribution in [-0.2, 0) is 6.42 Å². The van der Waals surface area contributed by atoms with E-state index in [2.05, 4.69) is 15.5 Å². The van der Waals surface area contributed by atoms with Crippen molar-refractivity contribution in [3.05, 3.63) is 35.5 Å². The number of nitrogens with zero attached hydrogens (tertiary/aromatic N) is 2. The van der Waals surface area contributed by atoms with Gasteiger partial charge in [-0.05, 0) is 25.1 Å². The molecule has 3 N–H and O–H groups in total. The monoisotopic (exact) mass is 276 g/mol. The number of hydrogen-bond donors (Lipinski definition) is 2. The van der Waals surface area contributed by atoms with Crippen molar-refractivity contribution in [2.24, 2.45) is 0 Å². The van der Waals surface area contributed by atoms with Gasteiger partial charge in [0.15, 0.2) is 5.82 Å². The predicted octanol–water partition coefficient (Wildman–Crippen LogP) is 0.941. The number of nitrogens with two attached hydrogens (primary N) is 1. The summed E-state index contributed by atoms with van der Waals surface area (Å²) >= 11 is 0. The Bertz CT molecular complexity index is 609. The summed E-state index contributed by atoms with van der Waals surface area (Å²) in [5, 5.41) is 6.43. The highest BCUT2D eigenvalue weighted by Crippen LogP contribution is 2.20. The van der Waals surface area contributed by atoms with E-state index in [1.807, 2.05) is 0 Å². The highest BCUT2D eigenvalue weighted by molar-refractivity contribution is 5.97. The normalized spacial score (nSPS) is 10.3. The first-order valence-electron chi connectivity index (χ1n) is 6.11. The van der Waals surface area contributed by atoms with Crippen LogP contribution in [0.1, 0.15) is 22.1 Å². The fourth-order valence-corrected chi connectivity index (χ4v) is 1.72. The first-order chi connectivity index (χ1) is 9.60. The Balaban J connectivity index is 1.96. The second-order valence-electron chi connectivity index (χ2n) is 4.20. The van der Waals surface area contributed by atoms with Crippen LogP contribution in [0.25, 0.3) is 0 Å². The minimum atomic E-state index is -0.259. The quantitative estimate of drug-likeness (QED) is 0.788. The van der Waals surface area contributed by atoms with Gasteiger partial charge in [0.05, 0.1) is 12.7 Å². The first-order valence-corrected chi connectivity index (χ1v) is 6.11. The molecule has 7 heteroatoms. The van der Waals surface area contributed by atoms with Crippen LogP contribution in [0.3, 0.4) is 0 Å². The molecule has 1 aromatic carbocycles. The summed E-state index contributed by atoms with van der Waals surface area (Å²) in [7, 11) is 1.50. The standard InChI is InChI=1S/C13H16N4O3/c1-8-16-12(20-17-8)5-6-15-13(18)10-7-9(14)3-4-11(10)19-2/h3-4,7H,5-6,14H2,1-2H3,(H,15,18). The highest BCUT2D eigenvalue weighted by Gasteiger charge is 2.12. The van der Waals surface area contributed by atoms with Crippen molar-refractivity contribution < 1.29 is 14.1 Å². The van der Waals surface area contributed by atoms with Crippen molar-refractivity contribution in [2.75, 3.05) is 19.4 Å². The average molecular weight is 276 g/mol. The number of methoxy groups -OCH3 is 1. The van der Waals surface area contributed by atoms with Crippen molar-refractivity contribution in [2.45, 2.75) is 13.3 Å². The third-order valence-electron chi connectivity index (χ3n) is 2.66. The molecule has 2 rings (SSSR count). The Morgan fingerprint density at radius 1 is 1.50 bits per heavy atom. The van der Waals surface area contributed by atoms with Gasteiger partial charge in [-0.1, -0.05) is 5.16 Å². The fourth-order valence-electron chi connectivity index (χ4n) is 1.72. The molecule has 0 radical (unpaired) electrons. The zero-order valence-corrected chi connectivity index (χ0v) is 11.3. The van der Waals surface area contributed by atoms with E-state index in [4.69, 9.17) is 15.0 Å². The Morgan fingerprint density at radius 3 is 2.95 bits per heavy atom. The van der Waals surface area contributed by atoms with Crippen molar-refractivity contribution in [1.29, 1.82) is 0 Å². The molecule has 2 aromatic rings. The molecule has 0 aliphatic carbocycles. The topological polar surface area (TPSA) is 103 Å². The summed E-state index contributed by atoms with van der Waals surface area (Å²) in [4.78, 5) is 16.1. The molecule has 0 atom stereocenters. The number of aryl methyl sites for hydroxylation is 1. The lowest BCUT2D eigenvalue weighted by Crippen LogP contribution is -2.26. The minimum absolute atomic E-state index is 0.259. The Hall–Kier alpha value is -2.57. The van der Waals surface area contributed by atoms with Gasteiger partial charge < -0.3 is 20.3 Å². The highest BCUT2D eigenvalue weighted by atomic mass is 16.5. The van der Waals surface area contributed by atoms with E-state index in [0.29, 0.717) is 41.7 Å². The SMILES string of the molecule is COc1ccc(N)cc1C(=O)NCCc1nc(C)no1. The Labute approximate surface area is 116 Å². The van der Waals surface area contributed by atoms with E-state index in [1.165, 1.54) is 7.11 Å². The van der Waals surface area contributed by atoms with E-state index in [1.54, 1.807) is 25.1 Å². The number of nitrogens with one attached hydrogen (secondary N) is 1. The molecule has 0 fully saturated rings. The molecular formula is C13H16N4O3. The largest absolute Gasteiger partial charge is 0.496 e. The predicted molar refractivity (Wildman–Crippen MR) is 72.5 cm³/mol. The molecule has 0 spiro atoms. The van der Waals surface area contributed by atoms with Gasteiger partial charge in [0.1, 0.15) is 5.75 Å². The van der Waals surface area contributed by atoms with Gasteiger partial charge in [-0.15, -0.1) is 0 Å². The molecule has 1 heterocycles. The molecule has 1 amide bonds. The summed E-state index contributed by atoms with van der Waals surface area (Å²) in [5.74, 6) is 1.28. The molecule has 0 saturated carbocycles. The van der Waals surface area contributed by atoms with Crippen LogP contribution in [0.5, 0.6) is 5.75 Å². The number of aromatic nitrogens is 2. The minimum Gasteiger partial charge on any atom is -0.496 e. The number of carbonyl (C=O) groups is 1. The lowest BCUT2D eigenvalue weighted by atomic mass is 10.1. The fraction of sp³-hybridized carbons (Fsp3) is 0.308. The number of amides is 1. The maximum Gasteiger partial charge on any atom is 0.255 e. The molecule has 0 bridgehead atoms. The zero-order valence-electron chi connectivity index (χ0n) is 11.3. The Morgan fingerprint density at radius 2 is 2.30 bits per heavy atom. The van der Waals surface area contributed by atoms with Crippen LogP contribution in [0.15, 0.2) is 22.7 Å². The van der Waals surface area contributed by atoms with Crippen LogP contribution in [-0.4, -0.2) is 29.7 Å². The molecule has 0 aliphatic rings. The molecule has 1 aromatic heterocycles. The van der Waals surface area contributed by atoms with Crippen LogP contribution < -0.4 is 15.8 Å². The van der Waals surface area contributed by atoms with Crippen LogP contribution in [0.4, 0.5) is 5.69 Å². The molecule has 20 heavy (non-hydrogen) atoms. The number of nitrogen functional groups attached to an aromatic ring is 1. The van der Waals surface area contributed by atoms with Gasteiger partial charge in [0.2, 0.25) is 5.89 Å². The van der Waals surface area contributed by atoms with Crippen LogP contribution in [0, 0.1) is 6.92 Å². The molecule has 0 aliphatic heterocycles. The molecule has 0 unspecified atom stereocenters. The van der Waals surface area contributed by atoms with Gasteiger partial charge in [0, 0.05) is 18.7 Å². The van der Waals surface area contributed by atoms with Crippen molar-refractivity contribution in [1.82, 2.24) is 15.5 Å². The van der Waals surface area contributed by atoms with Gasteiger partial charge in [-0.3, -0.25) is 4.79 Å². The van der Waals surface area contributed by atoms with E-state index in [9.17, 15) is 4.79 Å². The van der Waals surface area contributed by atoms with Crippen LogP contribution >= 0.6 is 0 Å². The van der Waals surface area contributed by atoms with Gasteiger partial charge in [0.25, 0.3) is 5.91 Å². The van der Waals surface area contributed by atoms with Gasteiger partial charge in [-0.2, -0.15) is 4.98 Å². The number of ether oxygens (including phenoxy) is 1. The molecular weight excluding hydrogens is 260 g/mol. The zero-order chi connectivity index (χ0) is 14.5. The summed E-state index contributed by atoms with van der Waals surface area (Å²) in [5.41, 5.74) is 6.57. The van der Waals surface area contributed by atoms with E-state index in [-0.39, 0.29) is 5.91 Å². The summed E-state index contributed by atoms with van der Waals surface area (Å²) in [6.45, 7) is 2.13. The third kappa shape index (κ3) is 3.25. The van der Waals surface area contributed by atoms with E-state index in [0.717, 1.165) is 0 Å². The van der Waals surface area contributed by atoms with Crippen LogP contribution in [0.2, 0.25) is 0 Å². The first kappa shape index (κ1) is 13.9. The van der Waals surface area contributed by atoms with Gasteiger partial charge >= 0.3 is 0 Å². The maximum atomic E-state index is 12.1. The summed E-state index contributed by atoms with van der Waals surface area (Å²) in [6.07, 6.45) is 0.469. The smallest absolute Gasteiger partial charge is 0.255 e. The number of anilines is 1. The van der Waals surface area contributed by atoms with E-state index >= 15 is 0 Å². The maximum absolute atomic E-state index is 12.1. The number of benzene rings is 1. The molecule has 106 valence electrons. The summed E-state index contributed by atoms with van der Waals surface area (Å²) < 4.78 is 10.1. The summed E-state index contributed by atoms with van der Waals surface area (Å²) in [6, 6.07) is 4.91. The van der Waals surface area contributed by atoms with Gasteiger partial charge in [-0.25, -0.2) is 0 Å². The molecule has 0 saturated heterocycles. The lowest BCUT2D eigenvalue weighted by Gasteiger charge is -2.09. The molecule has 7 nitrogen and oxygen atoms in total. The van der Waals surface area contributed by atoms with Crippen molar-refractivity contribution in [3.63, 3.8) is 0 Å². The number of rotatable bonds is 5. The Kier molecular flexibility index (Phi) is 4.19. The lowest BCUT2D eigenvalue weighted by molar-refractivity contribution is 0.0950. The van der Waals surface area contributed by atoms with Crippen molar-refractivity contribution >= 4 is 11.6 Å². The van der Waals surface area contributed by atoms with Crippen molar-refractivity contribution in [3.8, 4) is 5.75 Å². The number of carbonyl (C=O) groups excluding carboxylic acids is 1. The van der Waals surface area contributed by atoms with E-state index < -0.39 is 0 Å². The average Bonchev–Trinajstić information content (AvgIpc) is 2.84. The third-order valence-corrected chi connectivity index (χ3v) is 2.66.